The first-order valence-electron chi connectivity index (χ1n) is 9.92. The number of aromatic nitrogens is 2. The van der Waals surface area contributed by atoms with Crippen LogP contribution in [0.25, 0.3) is 10.6 Å². The van der Waals surface area contributed by atoms with Crippen molar-refractivity contribution in [1.82, 2.24) is 10.2 Å². The molecular formula is C24H16ClFN4O2S. The number of hydrogen-bond acceptors (Lipinski definition) is 6. The minimum Gasteiger partial charge on any atom is -0.489 e. The molecule has 1 atom stereocenters. The lowest BCUT2D eigenvalue weighted by molar-refractivity contribution is 0.299. The molecule has 9 heteroatoms. The second kappa shape index (κ2) is 8.62. The molecule has 0 saturated heterocycles. The summed E-state index contributed by atoms with van der Waals surface area (Å²) in [5.74, 6) is -0.130. The molecule has 164 valence electrons. The molecule has 1 aliphatic heterocycles. The molecule has 0 fully saturated rings. The number of nitrogens with two attached hydrogens (primary N) is 1. The van der Waals surface area contributed by atoms with E-state index in [0.29, 0.717) is 16.7 Å². The predicted octanol–water partition coefficient (Wildman–Crippen LogP) is 5.73. The Hall–Kier alpha value is -3.80. The SMILES string of the molecule is N#CC1=C(N)Oc2n[nH]c(-c3cccs3)c2[C@H]1c1cccc(OCc2c(F)cccc2Cl)c1. The minimum atomic E-state index is -0.518. The molecule has 0 spiro atoms. The number of ether oxygens (including phenoxy) is 2. The number of nitrogens with one attached hydrogen (secondary N) is 1. The zero-order chi connectivity index (χ0) is 22.9. The van der Waals surface area contributed by atoms with Gasteiger partial charge in [0.2, 0.25) is 11.8 Å². The zero-order valence-electron chi connectivity index (χ0n) is 17.0. The third-order valence-corrected chi connectivity index (χ3v) is 6.58. The van der Waals surface area contributed by atoms with Crippen LogP contribution in [0.1, 0.15) is 22.6 Å². The number of rotatable bonds is 5. The molecule has 3 heterocycles. The van der Waals surface area contributed by atoms with Crippen LogP contribution in [0.4, 0.5) is 4.39 Å². The summed E-state index contributed by atoms with van der Waals surface area (Å²) in [7, 11) is 0. The van der Waals surface area contributed by atoms with Gasteiger partial charge in [-0.1, -0.05) is 35.9 Å². The number of allylic oxidation sites excluding steroid dienone is 1. The van der Waals surface area contributed by atoms with Crippen molar-refractivity contribution >= 4 is 22.9 Å². The molecule has 1 aliphatic rings. The van der Waals surface area contributed by atoms with E-state index in [2.05, 4.69) is 16.3 Å². The van der Waals surface area contributed by atoms with Crippen LogP contribution >= 0.6 is 22.9 Å². The van der Waals surface area contributed by atoms with E-state index in [1.54, 1.807) is 41.7 Å². The number of nitrogens with zero attached hydrogens (tertiary/aromatic N) is 2. The van der Waals surface area contributed by atoms with Crippen LogP contribution < -0.4 is 15.2 Å². The summed E-state index contributed by atoms with van der Waals surface area (Å²) in [4.78, 5) is 0.955. The first-order chi connectivity index (χ1) is 16.1. The van der Waals surface area contributed by atoms with Crippen molar-refractivity contribution in [3.05, 3.63) is 99.0 Å². The van der Waals surface area contributed by atoms with Crippen LogP contribution in [-0.2, 0) is 6.61 Å². The number of fused-ring (bicyclic) bond motifs is 1. The lowest BCUT2D eigenvalue weighted by atomic mass is 9.83. The van der Waals surface area contributed by atoms with E-state index in [4.69, 9.17) is 26.8 Å². The molecule has 0 saturated carbocycles. The molecule has 4 aromatic rings. The van der Waals surface area contributed by atoms with E-state index in [9.17, 15) is 9.65 Å². The number of thiophene rings is 1. The number of nitriles is 1. The standard InChI is InChI=1S/C24H16ClFN4O2S/c25-17-6-2-7-18(26)16(17)12-31-14-5-1-4-13(10-14)20-15(11-27)23(28)32-24-21(20)22(29-30-24)19-8-3-9-33-19/h1-10,20H,12,28H2,(H,29,30)/t20-/m0/s1. The molecule has 3 N–H and O–H groups in total. The zero-order valence-corrected chi connectivity index (χ0v) is 18.6. The van der Waals surface area contributed by atoms with Crippen LogP contribution in [0.5, 0.6) is 11.6 Å². The maximum absolute atomic E-state index is 14.1. The summed E-state index contributed by atoms with van der Waals surface area (Å²) in [5, 5.41) is 19.4. The highest BCUT2D eigenvalue weighted by Crippen LogP contribution is 2.46. The molecule has 0 amide bonds. The number of benzene rings is 2. The Bertz CT molecular complexity index is 1390. The molecule has 6 nitrogen and oxygen atoms in total. The summed E-state index contributed by atoms with van der Waals surface area (Å²) in [6.45, 7) is -0.0385. The topological polar surface area (TPSA) is 97.0 Å². The average molecular weight is 479 g/mol. The second-order valence-corrected chi connectivity index (χ2v) is 8.64. The Labute approximate surface area is 197 Å². The number of aromatic amines is 1. The van der Waals surface area contributed by atoms with Gasteiger partial charge in [0.15, 0.2) is 0 Å². The summed E-state index contributed by atoms with van der Waals surface area (Å²) in [6, 6.07) is 17.8. The fraction of sp³-hybridized carbons (Fsp3) is 0.0833. The van der Waals surface area contributed by atoms with Gasteiger partial charge in [-0.3, -0.25) is 5.10 Å². The molecule has 0 radical (unpaired) electrons. The van der Waals surface area contributed by atoms with Gasteiger partial charge < -0.3 is 15.2 Å². The minimum absolute atomic E-state index is 0.00342. The summed E-state index contributed by atoms with van der Waals surface area (Å²) < 4.78 is 25.6. The summed E-state index contributed by atoms with van der Waals surface area (Å²) >= 11 is 7.66. The molecule has 33 heavy (non-hydrogen) atoms. The molecular weight excluding hydrogens is 463 g/mol. The average Bonchev–Trinajstić information content (AvgIpc) is 3.48. The van der Waals surface area contributed by atoms with Gasteiger partial charge in [0.05, 0.1) is 27.1 Å². The fourth-order valence-electron chi connectivity index (χ4n) is 3.80. The Morgan fingerprint density at radius 3 is 2.85 bits per heavy atom. The van der Waals surface area contributed by atoms with Crippen LogP contribution in [0.15, 0.2) is 71.4 Å². The lowest BCUT2D eigenvalue weighted by Gasteiger charge is -2.24. The second-order valence-electron chi connectivity index (χ2n) is 7.28. The van der Waals surface area contributed by atoms with E-state index in [1.165, 1.54) is 6.07 Å². The molecule has 5 rings (SSSR count). The molecule has 0 bridgehead atoms. The maximum Gasteiger partial charge on any atom is 0.244 e. The largest absolute Gasteiger partial charge is 0.489 e. The van der Waals surface area contributed by atoms with Crippen molar-refractivity contribution in [2.24, 2.45) is 5.73 Å². The first kappa shape index (κ1) is 21.1. The van der Waals surface area contributed by atoms with Crippen LogP contribution in [0.3, 0.4) is 0 Å². The van der Waals surface area contributed by atoms with Crippen molar-refractivity contribution in [3.8, 4) is 28.3 Å². The Morgan fingerprint density at radius 1 is 1.24 bits per heavy atom. The maximum atomic E-state index is 14.1. The highest BCUT2D eigenvalue weighted by Gasteiger charge is 2.36. The van der Waals surface area contributed by atoms with Gasteiger partial charge in [-0.05, 0) is 41.3 Å². The van der Waals surface area contributed by atoms with Gasteiger partial charge in [-0.15, -0.1) is 16.4 Å². The Balaban J connectivity index is 1.54. The highest BCUT2D eigenvalue weighted by atomic mass is 35.5. The summed E-state index contributed by atoms with van der Waals surface area (Å²) in [6.07, 6.45) is 0. The summed E-state index contributed by atoms with van der Waals surface area (Å²) in [5.41, 5.74) is 8.85. The molecule has 0 unspecified atom stereocenters. The van der Waals surface area contributed by atoms with Crippen LogP contribution in [0, 0.1) is 17.1 Å². The van der Waals surface area contributed by atoms with Gasteiger partial charge >= 0.3 is 0 Å². The van der Waals surface area contributed by atoms with E-state index < -0.39 is 11.7 Å². The third-order valence-electron chi connectivity index (χ3n) is 5.34. The third kappa shape index (κ3) is 3.82. The molecule has 2 aromatic heterocycles. The normalized spacial score (nSPS) is 15.0. The Morgan fingerprint density at radius 2 is 2.09 bits per heavy atom. The van der Waals surface area contributed by atoms with Crippen molar-refractivity contribution in [1.29, 1.82) is 5.26 Å². The van der Waals surface area contributed by atoms with Gasteiger partial charge in [0, 0.05) is 5.56 Å². The quantitative estimate of drug-likeness (QED) is 0.382. The van der Waals surface area contributed by atoms with E-state index >= 15 is 0 Å². The number of halogens is 2. The van der Waals surface area contributed by atoms with Crippen molar-refractivity contribution in [2.45, 2.75) is 12.5 Å². The number of hydrogen-bond donors (Lipinski definition) is 2. The van der Waals surface area contributed by atoms with Gasteiger partial charge in [0.25, 0.3) is 0 Å². The van der Waals surface area contributed by atoms with Crippen LogP contribution in [-0.4, -0.2) is 10.2 Å². The van der Waals surface area contributed by atoms with Gasteiger partial charge in [-0.25, -0.2) is 4.39 Å². The van der Waals surface area contributed by atoms with Gasteiger partial charge in [0.1, 0.15) is 29.8 Å². The fourth-order valence-corrected chi connectivity index (χ4v) is 4.75. The monoisotopic (exact) mass is 478 g/mol. The van der Waals surface area contributed by atoms with E-state index in [-0.39, 0.29) is 23.6 Å². The lowest BCUT2D eigenvalue weighted by Crippen LogP contribution is -2.21. The van der Waals surface area contributed by atoms with Gasteiger partial charge in [-0.2, -0.15) is 5.26 Å². The molecule has 2 aromatic carbocycles. The number of H-pyrrole nitrogens is 1. The Kier molecular flexibility index (Phi) is 5.50. The van der Waals surface area contributed by atoms with Crippen molar-refractivity contribution in [2.75, 3.05) is 0 Å². The van der Waals surface area contributed by atoms with Crippen molar-refractivity contribution < 1.29 is 13.9 Å². The van der Waals surface area contributed by atoms with Crippen molar-refractivity contribution in [3.63, 3.8) is 0 Å². The van der Waals surface area contributed by atoms with E-state index in [0.717, 1.165) is 21.7 Å². The van der Waals surface area contributed by atoms with E-state index in [1.807, 2.05) is 23.6 Å². The highest BCUT2D eigenvalue weighted by molar-refractivity contribution is 7.13. The predicted molar refractivity (Wildman–Crippen MR) is 123 cm³/mol. The molecule has 0 aliphatic carbocycles. The smallest absolute Gasteiger partial charge is 0.244 e. The van der Waals surface area contributed by atoms with Crippen LogP contribution in [0.2, 0.25) is 5.02 Å². The first-order valence-corrected chi connectivity index (χ1v) is 11.2.